The van der Waals surface area contributed by atoms with Crippen LogP contribution in [0.2, 0.25) is 0 Å². The molecule has 0 atom stereocenters. The van der Waals surface area contributed by atoms with Crippen molar-refractivity contribution >= 4 is 16.4 Å². The van der Waals surface area contributed by atoms with Crippen LogP contribution in [0.15, 0.2) is 12.4 Å². The number of aryl methyl sites for hydroxylation is 1. The summed E-state index contributed by atoms with van der Waals surface area (Å²) in [5, 5.41) is 0. The number of hydrogen-bond acceptors (Lipinski definition) is 8. The molecule has 0 aliphatic rings. The van der Waals surface area contributed by atoms with E-state index in [1.165, 1.54) is 19.3 Å². The quantitative estimate of drug-likeness (QED) is 0.119. The van der Waals surface area contributed by atoms with Crippen LogP contribution in [0.5, 0.6) is 0 Å². The Bertz CT molecular complexity index is 691. The summed E-state index contributed by atoms with van der Waals surface area (Å²) in [5.74, 6) is 0.743. The average molecular weight is 467 g/mol. The summed E-state index contributed by atoms with van der Waals surface area (Å²) in [7, 11) is -0.926. The summed E-state index contributed by atoms with van der Waals surface area (Å²) < 4.78 is 52.9. The van der Waals surface area contributed by atoms with Crippen LogP contribution in [-0.4, -0.2) is 63.7 Å². The van der Waals surface area contributed by atoms with E-state index in [1.807, 2.05) is 35.5 Å². The first kappa shape index (κ1) is 29.5. The summed E-state index contributed by atoms with van der Waals surface area (Å²) in [6.07, 6.45) is 9.96. The predicted molar refractivity (Wildman–Crippen MR) is 113 cm³/mol. The van der Waals surface area contributed by atoms with E-state index in [9.17, 15) is 17.8 Å². The number of unbranched alkanes of at least 4 members (excludes halogenated alkanes) is 5. The van der Waals surface area contributed by atoms with Crippen molar-refractivity contribution in [2.24, 2.45) is 7.05 Å². The monoisotopic (exact) mass is 466 g/mol. The molecule has 0 spiro atoms. The van der Waals surface area contributed by atoms with Gasteiger partial charge in [0, 0.05) is 14.0 Å². The zero-order valence-corrected chi connectivity index (χ0v) is 20.0. The molecule has 0 saturated carbocycles. The molecular weight excluding hydrogens is 428 g/mol. The van der Waals surface area contributed by atoms with Gasteiger partial charge >= 0.3 is 5.97 Å². The van der Waals surface area contributed by atoms with E-state index in [1.54, 1.807) is 7.11 Å². The third-order valence-electron chi connectivity index (χ3n) is 4.34. The smallest absolute Gasteiger partial charge is 0.348 e. The van der Waals surface area contributed by atoms with Crippen LogP contribution in [0.4, 0.5) is 0 Å². The highest BCUT2D eigenvalue weighted by Crippen LogP contribution is 2.05. The van der Waals surface area contributed by atoms with E-state index in [-0.39, 0.29) is 25.7 Å². The van der Waals surface area contributed by atoms with E-state index in [0.29, 0.717) is 26.2 Å². The molecule has 0 bridgehead atoms. The van der Waals surface area contributed by atoms with Crippen LogP contribution in [0.3, 0.4) is 0 Å². The van der Waals surface area contributed by atoms with Gasteiger partial charge in [-0.15, -0.1) is 0 Å². The number of carbonyl (C=O) groups excluding carboxylic acids is 1. The molecule has 31 heavy (non-hydrogen) atoms. The third-order valence-corrected chi connectivity index (χ3v) is 4.80. The number of rotatable bonds is 16. The lowest BCUT2D eigenvalue weighted by atomic mass is 10.1. The molecule has 0 aliphatic carbocycles. The molecule has 1 aromatic rings. The standard InChI is InChI=1S/C12H21N2O4.C8H18O4S/c1-11-13(2)4-5-14(11)10-12(15)18-9-8-17-7-6-16-3;1-2-3-4-5-6-7-8-12-13(9,10)11/h4-5H,6-10H2,1-3H3;2-8H2,1H3,(H,9,10,11)/q+1;/p-1. The minimum absolute atomic E-state index is 0.0258. The van der Waals surface area contributed by atoms with Crippen molar-refractivity contribution in [1.82, 2.24) is 4.57 Å². The van der Waals surface area contributed by atoms with Crippen LogP contribution < -0.4 is 4.57 Å². The first-order valence-corrected chi connectivity index (χ1v) is 11.9. The number of aromatic nitrogens is 2. The van der Waals surface area contributed by atoms with Gasteiger partial charge in [-0.2, -0.15) is 0 Å². The Labute approximate surface area is 186 Å². The Kier molecular flexibility index (Phi) is 17.2. The molecule has 182 valence electrons. The molecule has 1 heterocycles. The molecule has 0 fully saturated rings. The van der Waals surface area contributed by atoms with Crippen molar-refractivity contribution in [3.63, 3.8) is 0 Å². The molecule has 1 rings (SSSR count). The van der Waals surface area contributed by atoms with Crippen LogP contribution in [0.25, 0.3) is 0 Å². The average Bonchev–Trinajstić information content (AvgIpc) is 3.02. The van der Waals surface area contributed by atoms with Crippen molar-refractivity contribution in [3.8, 4) is 0 Å². The maximum absolute atomic E-state index is 11.5. The molecule has 10 nitrogen and oxygen atoms in total. The summed E-state index contributed by atoms with van der Waals surface area (Å²) in [5.41, 5.74) is 0. The fraction of sp³-hybridized carbons (Fsp3) is 0.800. The van der Waals surface area contributed by atoms with Crippen LogP contribution in [0.1, 0.15) is 51.3 Å². The van der Waals surface area contributed by atoms with Crippen molar-refractivity contribution in [2.75, 3.05) is 40.1 Å². The summed E-state index contributed by atoms with van der Waals surface area (Å²) in [6, 6.07) is 0. The van der Waals surface area contributed by atoms with Crippen molar-refractivity contribution in [2.45, 2.75) is 58.9 Å². The van der Waals surface area contributed by atoms with Crippen molar-refractivity contribution in [3.05, 3.63) is 18.2 Å². The lowest BCUT2D eigenvalue weighted by molar-refractivity contribution is -0.677. The Morgan fingerprint density at radius 2 is 1.71 bits per heavy atom. The van der Waals surface area contributed by atoms with Gasteiger partial charge in [0.15, 0.2) is 6.54 Å². The van der Waals surface area contributed by atoms with Gasteiger partial charge in [0.05, 0.1) is 33.5 Å². The van der Waals surface area contributed by atoms with Crippen LogP contribution in [0, 0.1) is 6.92 Å². The molecular formula is C20H38N2O8S. The second-order valence-electron chi connectivity index (χ2n) is 6.91. The molecule has 0 aliphatic heterocycles. The molecule has 0 saturated heterocycles. The number of imidazole rings is 1. The molecule has 0 amide bonds. The number of esters is 1. The molecule has 0 radical (unpaired) electrons. The van der Waals surface area contributed by atoms with Crippen LogP contribution in [-0.2, 0) is 47.2 Å². The Hall–Kier alpha value is -1.53. The fourth-order valence-corrected chi connectivity index (χ4v) is 2.77. The van der Waals surface area contributed by atoms with Gasteiger partial charge in [0.25, 0.3) is 5.82 Å². The maximum Gasteiger partial charge on any atom is 0.348 e. The van der Waals surface area contributed by atoms with Crippen molar-refractivity contribution < 1.29 is 40.7 Å². The first-order chi connectivity index (χ1) is 14.7. The lowest BCUT2D eigenvalue weighted by Crippen LogP contribution is -2.30. The lowest BCUT2D eigenvalue weighted by Gasteiger charge is -2.06. The number of methoxy groups -OCH3 is 1. The van der Waals surface area contributed by atoms with Gasteiger partial charge in [-0.1, -0.05) is 39.0 Å². The van der Waals surface area contributed by atoms with Gasteiger partial charge in [-0.25, -0.2) is 22.3 Å². The second kappa shape index (κ2) is 18.1. The summed E-state index contributed by atoms with van der Waals surface area (Å²) >= 11 is 0. The summed E-state index contributed by atoms with van der Waals surface area (Å²) in [6.45, 7) is 6.06. The van der Waals surface area contributed by atoms with Gasteiger partial charge in [0.2, 0.25) is 10.4 Å². The van der Waals surface area contributed by atoms with Crippen LogP contribution >= 0.6 is 0 Å². The number of ether oxygens (including phenoxy) is 3. The molecule has 11 heteroatoms. The van der Waals surface area contributed by atoms with E-state index < -0.39 is 10.4 Å². The zero-order valence-electron chi connectivity index (χ0n) is 19.2. The van der Waals surface area contributed by atoms with Gasteiger partial charge in [0.1, 0.15) is 19.0 Å². The fourth-order valence-electron chi connectivity index (χ4n) is 2.45. The minimum atomic E-state index is -4.47. The predicted octanol–water partition coefficient (Wildman–Crippen LogP) is 1.65. The molecule has 1 aromatic heterocycles. The zero-order chi connectivity index (χ0) is 23.5. The number of nitrogens with zero attached hydrogens (tertiary/aromatic N) is 2. The van der Waals surface area contributed by atoms with Gasteiger partial charge < -0.3 is 18.8 Å². The first-order valence-electron chi connectivity index (χ1n) is 10.5. The largest absolute Gasteiger partial charge is 0.726 e. The second-order valence-corrected chi connectivity index (χ2v) is 7.96. The summed E-state index contributed by atoms with van der Waals surface area (Å²) in [4.78, 5) is 11.5. The number of hydrogen-bond donors (Lipinski definition) is 0. The van der Waals surface area contributed by atoms with E-state index in [2.05, 4.69) is 11.1 Å². The normalized spacial score (nSPS) is 11.1. The van der Waals surface area contributed by atoms with E-state index >= 15 is 0 Å². The van der Waals surface area contributed by atoms with Crippen molar-refractivity contribution in [1.29, 1.82) is 0 Å². The highest BCUT2D eigenvalue weighted by atomic mass is 32.3. The highest BCUT2D eigenvalue weighted by Gasteiger charge is 2.13. The number of carbonyl (C=O) groups is 1. The Morgan fingerprint density at radius 3 is 2.29 bits per heavy atom. The van der Waals surface area contributed by atoms with E-state index in [4.69, 9.17) is 14.2 Å². The SMILES string of the molecule is CCCCCCCCOS(=O)(=O)[O-].COCCOCCOC(=O)Cn1cc[n+](C)c1C. The maximum atomic E-state index is 11.5. The third kappa shape index (κ3) is 17.8. The highest BCUT2D eigenvalue weighted by molar-refractivity contribution is 7.80. The van der Waals surface area contributed by atoms with Gasteiger partial charge in [-0.05, 0) is 6.42 Å². The molecule has 0 aromatic carbocycles. The molecule has 0 unspecified atom stereocenters. The minimum Gasteiger partial charge on any atom is -0.726 e. The van der Waals surface area contributed by atoms with Gasteiger partial charge in [-0.3, -0.25) is 4.18 Å². The van der Waals surface area contributed by atoms with E-state index in [0.717, 1.165) is 18.7 Å². The Morgan fingerprint density at radius 1 is 1.06 bits per heavy atom. The Balaban J connectivity index is 0.000000615. The topological polar surface area (TPSA) is 120 Å². The molecule has 0 N–H and O–H groups in total.